The molecule has 112 valence electrons. The van der Waals surface area contributed by atoms with Crippen LogP contribution in [0.3, 0.4) is 0 Å². The lowest BCUT2D eigenvalue weighted by molar-refractivity contribution is 0.148. The van der Waals surface area contributed by atoms with Crippen LogP contribution in [0.4, 0.5) is 0 Å². The third-order valence-electron chi connectivity index (χ3n) is 3.66. The second-order valence-corrected chi connectivity index (χ2v) is 5.44. The maximum atomic E-state index is 5.56. The molecule has 0 N–H and O–H groups in total. The van der Waals surface area contributed by atoms with E-state index >= 15 is 0 Å². The van der Waals surface area contributed by atoms with Crippen LogP contribution in [0, 0.1) is 0 Å². The van der Waals surface area contributed by atoms with Crippen LogP contribution in [0.15, 0.2) is 36.9 Å². The highest BCUT2D eigenvalue weighted by Gasteiger charge is 2.01. The van der Waals surface area contributed by atoms with Crippen LogP contribution in [0.2, 0.25) is 0 Å². The minimum atomic E-state index is 0.631. The van der Waals surface area contributed by atoms with E-state index in [2.05, 4.69) is 37.8 Å². The Morgan fingerprint density at radius 3 is 2.30 bits per heavy atom. The SMILES string of the molecule is C=CCOCc1ccccc1CCCCCCCCC. The van der Waals surface area contributed by atoms with Crippen LogP contribution in [0.1, 0.15) is 63.0 Å². The van der Waals surface area contributed by atoms with Crippen molar-refractivity contribution in [3.63, 3.8) is 0 Å². The van der Waals surface area contributed by atoms with Crippen molar-refractivity contribution in [2.45, 2.75) is 64.9 Å². The molecule has 0 saturated heterocycles. The van der Waals surface area contributed by atoms with E-state index in [-0.39, 0.29) is 0 Å². The third kappa shape index (κ3) is 7.49. The number of hydrogen-bond donors (Lipinski definition) is 0. The van der Waals surface area contributed by atoms with E-state index < -0.39 is 0 Å². The van der Waals surface area contributed by atoms with E-state index in [0.717, 1.165) is 0 Å². The quantitative estimate of drug-likeness (QED) is 0.352. The van der Waals surface area contributed by atoms with Gasteiger partial charge in [0, 0.05) is 0 Å². The van der Waals surface area contributed by atoms with Gasteiger partial charge in [-0.2, -0.15) is 0 Å². The summed E-state index contributed by atoms with van der Waals surface area (Å²) in [6, 6.07) is 8.65. The van der Waals surface area contributed by atoms with E-state index in [4.69, 9.17) is 4.74 Å². The van der Waals surface area contributed by atoms with Crippen molar-refractivity contribution in [2.24, 2.45) is 0 Å². The maximum Gasteiger partial charge on any atom is 0.0723 e. The van der Waals surface area contributed by atoms with E-state index in [9.17, 15) is 0 Å². The molecule has 1 heteroatoms. The van der Waals surface area contributed by atoms with Crippen molar-refractivity contribution in [1.82, 2.24) is 0 Å². The monoisotopic (exact) mass is 274 g/mol. The first-order valence-electron chi connectivity index (χ1n) is 8.14. The lowest BCUT2D eigenvalue weighted by Gasteiger charge is -2.09. The van der Waals surface area contributed by atoms with Crippen molar-refractivity contribution in [2.75, 3.05) is 6.61 Å². The fraction of sp³-hybridized carbons (Fsp3) is 0.579. The summed E-state index contributed by atoms with van der Waals surface area (Å²) in [4.78, 5) is 0. The van der Waals surface area contributed by atoms with Gasteiger partial charge < -0.3 is 4.74 Å². The van der Waals surface area contributed by atoms with Crippen molar-refractivity contribution in [1.29, 1.82) is 0 Å². The fourth-order valence-electron chi connectivity index (χ4n) is 2.47. The zero-order valence-corrected chi connectivity index (χ0v) is 13.1. The minimum Gasteiger partial charge on any atom is -0.373 e. The molecule has 0 atom stereocenters. The highest BCUT2D eigenvalue weighted by atomic mass is 16.5. The number of rotatable bonds is 12. The molecule has 20 heavy (non-hydrogen) atoms. The van der Waals surface area contributed by atoms with Gasteiger partial charge in [-0.05, 0) is 24.0 Å². The molecule has 0 spiro atoms. The number of unbranched alkanes of at least 4 members (excludes halogenated alkanes) is 6. The summed E-state index contributed by atoms with van der Waals surface area (Å²) in [5.41, 5.74) is 2.78. The molecule has 0 saturated carbocycles. The van der Waals surface area contributed by atoms with Crippen LogP contribution in [-0.2, 0) is 17.8 Å². The molecule has 0 fully saturated rings. The lowest BCUT2D eigenvalue weighted by atomic mass is 10.0. The molecule has 0 aliphatic rings. The third-order valence-corrected chi connectivity index (χ3v) is 3.66. The zero-order chi connectivity index (χ0) is 14.5. The molecular formula is C19H30O. The van der Waals surface area contributed by atoms with Gasteiger partial charge >= 0.3 is 0 Å². The maximum absolute atomic E-state index is 5.56. The molecule has 1 rings (SSSR count). The summed E-state index contributed by atoms with van der Waals surface area (Å²) in [5.74, 6) is 0. The van der Waals surface area contributed by atoms with Crippen LogP contribution < -0.4 is 0 Å². The highest BCUT2D eigenvalue weighted by molar-refractivity contribution is 5.26. The van der Waals surface area contributed by atoms with Crippen LogP contribution in [0.5, 0.6) is 0 Å². The van der Waals surface area contributed by atoms with Gasteiger partial charge in [-0.15, -0.1) is 6.58 Å². The van der Waals surface area contributed by atoms with Gasteiger partial charge in [-0.3, -0.25) is 0 Å². The summed E-state index contributed by atoms with van der Waals surface area (Å²) in [6.45, 7) is 7.29. The molecule has 0 amide bonds. The van der Waals surface area contributed by atoms with Gasteiger partial charge in [0.25, 0.3) is 0 Å². The Labute approximate surface area is 125 Å². The van der Waals surface area contributed by atoms with Crippen LogP contribution >= 0.6 is 0 Å². The molecule has 0 aliphatic heterocycles. The van der Waals surface area contributed by atoms with Crippen LogP contribution in [-0.4, -0.2) is 6.61 Å². The Kier molecular flexibility index (Phi) is 9.95. The summed E-state index contributed by atoms with van der Waals surface area (Å²) < 4.78 is 5.56. The van der Waals surface area contributed by atoms with Crippen LogP contribution in [0.25, 0.3) is 0 Å². The van der Waals surface area contributed by atoms with E-state index in [1.54, 1.807) is 6.08 Å². The second kappa shape index (κ2) is 11.7. The van der Waals surface area contributed by atoms with E-state index in [0.29, 0.717) is 13.2 Å². The van der Waals surface area contributed by atoms with Gasteiger partial charge in [0.05, 0.1) is 13.2 Å². The molecule has 0 heterocycles. The molecule has 1 aromatic carbocycles. The molecule has 1 aromatic rings. The summed E-state index contributed by atoms with van der Waals surface area (Å²) >= 11 is 0. The van der Waals surface area contributed by atoms with Crippen molar-refractivity contribution in [3.05, 3.63) is 48.0 Å². The Morgan fingerprint density at radius 1 is 0.950 bits per heavy atom. The average Bonchev–Trinajstić information content (AvgIpc) is 2.48. The fourth-order valence-corrected chi connectivity index (χ4v) is 2.47. The number of benzene rings is 1. The molecule has 0 unspecified atom stereocenters. The van der Waals surface area contributed by atoms with Crippen molar-refractivity contribution < 1.29 is 4.74 Å². The normalized spacial score (nSPS) is 10.7. The lowest BCUT2D eigenvalue weighted by Crippen LogP contribution is -1.98. The van der Waals surface area contributed by atoms with E-state index in [1.165, 1.54) is 62.5 Å². The zero-order valence-electron chi connectivity index (χ0n) is 13.1. The Morgan fingerprint density at radius 2 is 1.60 bits per heavy atom. The van der Waals surface area contributed by atoms with Gasteiger partial charge in [0.2, 0.25) is 0 Å². The topological polar surface area (TPSA) is 9.23 Å². The van der Waals surface area contributed by atoms with Crippen molar-refractivity contribution in [3.8, 4) is 0 Å². The standard InChI is InChI=1S/C19H30O/c1-3-5-6-7-8-9-10-13-18-14-11-12-15-19(18)17-20-16-4-2/h4,11-12,14-15H,2-3,5-10,13,16-17H2,1H3. The highest BCUT2D eigenvalue weighted by Crippen LogP contribution is 2.15. The summed E-state index contributed by atoms with van der Waals surface area (Å²) in [6.07, 6.45) is 12.5. The summed E-state index contributed by atoms with van der Waals surface area (Å²) in [5, 5.41) is 0. The number of aryl methyl sites for hydroxylation is 1. The van der Waals surface area contributed by atoms with Gasteiger partial charge in [0.15, 0.2) is 0 Å². The summed E-state index contributed by atoms with van der Waals surface area (Å²) in [7, 11) is 0. The van der Waals surface area contributed by atoms with Gasteiger partial charge in [0.1, 0.15) is 0 Å². The first kappa shape index (κ1) is 17.0. The van der Waals surface area contributed by atoms with Gasteiger partial charge in [-0.25, -0.2) is 0 Å². The Balaban J connectivity index is 2.23. The first-order chi connectivity index (χ1) is 9.88. The molecule has 0 aliphatic carbocycles. The number of hydrogen-bond acceptors (Lipinski definition) is 1. The Bertz CT molecular complexity index is 357. The first-order valence-corrected chi connectivity index (χ1v) is 8.14. The molecular weight excluding hydrogens is 244 g/mol. The molecule has 0 aromatic heterocycles. The average molecular weight is 274 g/mol. The predicted molar refractivity (Wildman–Crippen MR) is 88.0 cm³/mol. The second-order valence-electron chi connectivity index (χ2n) is 5.44. The molecule has 1 nitrogen and oxygen atoms in total. The number of ether oxygens (including phenoxy) is 1. The van der Waals surface area contributed by atoms with Gasteiger partial charge in [-0.1, -0.05) is 75.8 Å². The van der Waals surface area contributed by atoms with E-state index in [1.807, 2.05) is 0 Å². The molecule has 0 radical (unpaired) electrons. The smallest absolute Gasteiger partial charge is 0.0723 e. The molecule has 0 bridgehead atoms. The van der Waals surface area contributed by atoms with Crippen molar-refractivity contribution >= 4 is 0 Å². The predicted octanol–water partition coefficient (Wildman–Crippen LogP) is 5.68. The minimum absolute atomic E-state index is 0.631. The largest absolute Gasteiger partial charge is 0.373 e. The Hall–Kier alpha value is -1.08.